The highest BCUT2D eigenvalue weighted by molar-refractivity contribution is 7.27. The van der Waals surface area contributed by atoms with Crippen LogP contribution in [0.5, 0.6) is 0 Å². The third-order valence-corrected chi connectivity index (χ3v) is 12.1. The summed E-state index contributed by atoms with van der Waals surface area (Å²) >= 11 is 3.82. The van der Waals surface area contributed by atoms with Crippen molar-refractivity contribution in [3.8, 4) is 22.3 Å². The zero-order chi connectivity index (χ0) is 32.3. The molecule has 0 N–H and O–H groups in total. The number of rotatable bonds is 5. The van der Waals surface area contributed by atoms with Crippen LogP contribution in [0.15, 0.2) is 176 Å². The summed E-state index contributed by atoms with van der Waals surface area (Å²) in [5, 5.41) is 7.78. The highest BCUT2D eigenvalue weighted by Crippen LogP contribution is 2.48. The Balaban J connectivity index is 1.18. The lowest BCUT2D eigenvalue weighted by Crippen LogP contribution is -2.10. The molecule has 0 spiro atoms. The van der Waals surface area contributed by atoms with Gasteiger partial charge in [-0.15, -0.1) is 22.7 Å². The van der Waals surface area contributed by atoms with Gasteiger partial charge in [0.15, 0.2) is 0 Å². The molecular formula is C46H29NS2. The summed E-state index contributed by atoms with van der Waals surface area (Å²) in [4.78, 5) is 2.39. The average Bonchev–Trinajstić information content (AvgIpc) is 3.75. The van der Waals surface area contributed by atoms with E-state index in [-0.39, 0.29) is 0 Å². The van der Waals surface area contributed by atoms with Crippen LogP contribution in [-0.4, -0.2) is 0 Å². The molecule has 1 nitrogen and oxygen atoms in total. The number of para-hydroxylation sites is 2. The summed E-state index contributed by atoms with van der Waals surface area (Å²) in [6.07, 6.45) is 0. The molecule has 10 rings (SSSR count). The van der Waals surface area contributed by atoms with Crippen molar-refractivity contribution in [3.05, 3.63) is 176 Å². The number of benzene rings is 8. The molecular weight excluding hydrogens is 631 g/mol. The molecule has 3 heteroatoms. The first kappa shape index (κ1) is 28.3. The Morgan fingerprint density at radius 3 is 1.51 bits per heavy atom. The quantitative estimate of drug-likeness (QED) is 0.178. The molecule has 0 aliphatic rings. The van der Waals surface area contributed by atoms with Gasteiger partial charge in [-0.2, -0.15) is 0 Å². The van der Waals surface area contributed by atoms with E-state index in [0.29, 0.717) is 0 Å². The van der Waals surface area contributed by atoms with E-state index < -0.39 is 0 Å². The lowest BCUT2D eigenvalue weighted by Gasteiger charge is -2.27. The molecule has 0 fully saturated rings. The van der Waals surface area contributed by atoms with E-state index >= 15 is 0 Å². The topological polar surface area (TPSA) is 3.24 Å². The summed E-state index contributed by atoms with van der Waals surface area (Å²) in [5.41, 5.74) is 8.59. The minimum atomic E-state index is 1.15. The van der Waals surface area contributed by atoms with Crippen LogP contribution in [0.3, 0.4) is 0 Å². The van der Waals surface area contributed by atoms with Crippen LogP contribution < -0.4 is 4.90 Å². The standard InChI is InChI=1S/C46H29NS2/c1-4-14-30(15-5-1)34-22-12-24-39-40-25-13-23-35(45(40)49-44(34)39)31-26-27-37-41-29-42(36-20-10-11-21-38(36)46(41)48-43(37)28-31)47(32-16-6-2-7-17-32)33-18-8-3-9-19-33/h1-29H. The van der Waals surface area contributed by atoms with Gasteiger partial charge < -0.3 is 4.90 Å². The molecule has 0 aliphatic heterocycles. The van der Waals surface area contributed by atoms with E-state index in [1.807, 2.05) is 22.7 Å². The van der Waals surface area contributed by atoms with Crippen molar-refractivity contribution >= 4 is 90.9 Å². The predicted octanol–water partition coefficient (Wildman–Crippen LogP) is 14.4. The zero-order valence-corrected chi connectivity index (χ0v) is 28.1. The van der Waals surface area contributed by atoms with Gasteiger partial charge >= 0.3 is 0 Å². The van der Waals surface area contributed by atoms with E-state index in [0.717, 1.165) is 11.4 Å². The van der Waals surface area contributed by atoms with Gasteiger partial charge in [-0.05, 0) is 58.7 Å². The molecule has 0 radical (unpaired) electrons. The Morgan fingerprint density at radius 1 is 0.327 bits per heavy atom. The fourth-order valence-corrected chi connectivity index (χ4v) is 10.0. The van der Waals surface area contributed by atoms with Gasteiger partial charge in [-0.1, -0.05) is 140 Å². The third kappa shape index (κ3) is 4.58. The monoisotopic (exact) mass is 659 g/mol. The van der Waals surface area contributed by atoms with Crippen molar-refractivity contribution in [2.75, 3.05) is 4.90 Å². The van der Waals surface area contributed by atoms with Gasteiger partial charge in [-0.25, -0.2) is 0 Å². The van der Waals surface area contributed by atoms with E-state index in [1.54, 1.807) is 0 Å². The second-order valence-corrected chi connectivity index (χ2v) is 14.5. The smallest absolute Gasteiger partial charge is 0.0547 e. The molecule has 0 amide bonds. The molecule has 0 unspecified atom stereocenters. The Labute approximate surface area is 292 Å². The minimum Gasteiger partial charge on any atom is -0.310 e. The van der Waals surface area contributed by atoms with Gasteiger partial charge in [0.25, 0.3) is 0 Å². The average molecular weight is 660 g/mol. The maximum Gasteiger partial charge on any atom is 0.0547 e. The Morgan fingerprint density at radius 2 is 0.857 bits per heavy atom. The minimum absolute atomic E-state index is 1.15. The van der Waals surface area contributed by atoms with E-state index in [4.69, 9.17) is 0 Å². The molecule has 0 bridgehead atoms. The van der Waals surface area contributed by atoms with Gasteiger partial charge in [-0.3, -0.25) is 0 Å². The fraction of sp³-hybridized carbons (Fsp3) is 0. The predicted molar refractivity (Wildman–Crippen MR) is 215 cm³/mol. The van der Waals surface area contributed by atoms with Crippen molar-refractivity contribution < 1.29 is 0 Å². The lowest BCUT2D eigenvalue weighted by molar-refractivity contribution is 1.30. The van der Waals surface area contributed by atoms with Crippen LogP contribution in [0.25, 0.3) is 73.4 Å². The maximum absolute atomic E-state index is 2.41. The summed E-state index contributed by atoms with van der Waals surface area (Å²) in [7, 11) is 0. The van der Waals surface area contributed by atoms with Crippen LogP contribution >= 0.6 is 22.7 Å². The summed E-state index contributed by atoms with van der Waals surface area (Å²) in [6.45, 7) is 0. The molecule has 2 heterocycles. The first-order valence-electron chi connectivity index (χ1n) is 16.6. The lowest BCUT2D eigenvalue weighted by atomic mass is 9.99. The number of anilines is 3. The van der Waals surface area contributed by atoms with Crippen molar-refractivity contribution in [1.82, 2.24) is 0 Å². The molecule has 0 saturated carbocycles. The van der Waals surface area contributed by atoms with E-state index in [9.17, 15) is 0 Å². The first-order valence-corrected chi connectivity index (χ1v) is 18.2. The van der Waals surface area contributed by atoms with Gasteiger partial charge in [0, 0.05) is 62.5 Å². The van der Waals surface area contributed by atoms with Crippen molar-refractivity contribution in [1.29, 1.82) is 0 Å². The highest BCUT2D eigenvalue weighted by Gasteiger charge is 2.20. The second kappa shape index (κ2) is 11.5. The Kier molecular flexibility index (Phi) is 6.61. The van der Waals surface area contributed by atoms with Gasteiger partial charge in [0.2, 0.25) is 0 Å². The molecule has 10 aromatic rings. The largest absolute Gasteiger partial charge is 0.310 e. The molecule has 49 heavy (non-hydrogen) atoms. The highest BCUT2D eigenvalue weighted by atomic mass is 32.1. The molecule has 0 atom stereocenters. The number of hydrogen-bond acceptors (Lipinski definition) is 3. The molecule has 0 aliphatic carbocycles. The Hall–Kier alpha value is -5.74. The number of fused-ring (bicyclic) bond motifs is 8. The van der Waals surface area contributed by atoms with Crippen LogP contribution in [-0.2, 0) is 0 Å². The number of thiophene rings is 2. The van der Waals surface area contributed by atoms with E-state index in [1.165, 1.54) is 79.1 Å². The van der Waals surface area contributed by atoms with Crippen LogP contribution in [0.4, 0.5) is 17.1 Å². The van der Waals surface area contributed by atoms with Crippen molar-refractivity contribution in [2.45, 2.75) is 0 Å². The maximum atomic E-state index is 2.41. The molecule has 0 saturated heterocycles. The van der Waals surface area contributed by atoms with Crippen molar-refractivity contribution in [3.63, 3.8) is 0 Å². The normalized spacial score (nSPS) is 11.7. The van der Waals surface area contributed by atoms with E-state index in [2.05, 4.69) is 181 Å². The van der Waals surface area contributed by atoms with Crippen LogP contribution in [0.1, 0.15) is 0 Å². The second-order valence-electron chi connectivity index (χ2n) is 12.5. The Bertz CT molecular complexity index is 2770. The summed E-state index contributed by atoms with van der Waals surface area (Å²) in [6, 6.07) is 64.1. The first-order chi connectivity index (χ1) is 24.3. The number of hydrogen-bond donors (Lipinski definition) is 0. The summed E-state index contributed by atoms with van der Waals surface area (Å²) < 4.78 is 5.33. The molecule has 8 aromatic carbocycles. The van der Waals surface area contributed by atoms with Gasteiger partial charge in [0.1, 0.15) is 0 Å². The number of nitrogens with zero attached hydrogens (tertiary/aromatic N) is 1. The summed E-state index contributed by atoms with van der Waals surface area (Å²) in [5.74, 6) is 0. The third-order valence-electron chi connectivity index (χ3n) is 9.65. The zero-order valence-electron chi connectivity index (χ0n) is 26.5. The fourth-order valence-electron chi connectivity index (χ4n) is 7.41. The SMILES string of the molecule is c1ccc(-c2cccc3c2sc2c(-c4ccc5c(c4)sc4c6ccccc6c(N(c6ccccc6)c6ccccc6)cc54)cccc23)cc1. The molecule has 2 aromatic heterocycles. The van der Waals surface area contributed by atoms with Crippen LogP contribution in [0.2, 0.25) is 0 Å². The van der Waals surface area contributed by atoms with Gasteiger partial charge in [0.05, 0.1) is 5.69 Å². The van der Waals surface area contributed by atoms with Crippen molar-refractivity contribution in [2.24, 2.45) is 0 Å². The van der Waals surface area contributed by atoms with Crippen LogP contribution in [0, 0.1) is 0 Å². The molecule has 230 valence electrons.